The molecule has 4 nitrogen and oxygen atoms in total. The third-order valence-electron chi connectivity index (χ3n) is 4.45. The van der Waals surface area contributed by atoms with E-state index in [4.69, 9.17) is 32.9 Å². The number of nitrogens with zero attached hydrogens (tertiary/aromatic N) is 3. The topological polar surface area (TPSA) is 38.2 Å². The van der Waals surface area contributed by atoms with E-state index in [-0.39, 0.29) is 6.10 Å². The van der Waals surface area contributed by atoms with Crippen molar-refractivity contribution in [1.82, 2.24) is 14.3 Å². The fraction of sp³-hybridized carbons (Fsp3) is 0.273. The lowest BCUT2D eigenvalue weighted by Crippen LogP contribution is -2.50. The molecule has 0 unspecified atom stereocenters. The molecule has 0 bridgehead atoms. The second-order valence-electron chi connectivity index (χ2n) is 7.16. The Labute approximate surface area is 185 Å². The molecule has 0 aliphatic carbocycles. The van der Waals surface area contributed by atoms with Gasteiger partial charge in [-0.15, -0.1) is 0 Å². The van der Waals surface area contributed by atoms with E-state index in [9.17, 15) is 0 Å². The Bertz CT molecular complexity index is 974. The maximum absolute atomic E-state index is 6.08. The molecule has 0 spiro atoms. The molecule has 2 aromatic carbocycles. The molecule has 0 atom stereocenters. The Hall–Kier alpha value is -1.79. The average Bonchev–Trinajstić information content (AvgIpc) is 2.67. The zero-order valence-electron chi connectivity index (χ0n) is 16.2. The van der Waals surface area contributed by atoms with Crippen LogP contribution in [0.1, 0.15) is 13.8 Å². The molecule has 150 valence electrons. The minimum Gasteiger partial charge on any atom is -0.470 e. The molecule has 1 fully saturated rings. The minimum atomic E-state index is 0.134. The summed E-state index contributed by atoms with van der Waals surface area (Å²) >= 11 is 14.0. The van der Waals surface area contributed by atoms with Crippen LogP contribution in [0.2, 0.25) is 10.0 Å². The van der Waals surface area contributed by atoms with Crippen LogP contribution in [0.3, 0.4) is 0 Å². The van der Waals surface area contributed by atoms with Crippen molar-refractivity contribution in [3.8, 4) is 28.4 Å². The van der Waals surface area contributed by atoms with Gasteiger partial charge in [-0.05, 0) is 24.3 Å². The third kappa shape index (κ3) is 5.04. The molecule has 7 heteroatoms. The quantitative estimate of drug-likeness (QED) is 0.419. The summed E-state index contributed by atoms with van der Waals surface area (Å²) in [5.74, 6) is 0.534. The van der Waals surface area contributed by atoms with Gasteiger partial charge < -0.3 is 4.74 Å². The van der Waals surface area contributed by atoms with E-state index < -0.39 is 0 Å². The zero-order valence-corrected chi connectivity index (χ0v) is 18.5. The lowest BCUT2D eigenvalue weighted by molar-refractivity contribution is 0.0788. The number of rotatable bonds is 6. The average molecular weight is 446 g/mol. The number of benzene rings is 2. The molecule has 1 aliphatic rings. The van der Waals surface area contributed by atoms with Gasteiger partial charge in [0.2, 0.25) is 5.88 Å². The lowest BCUT2D eigenvalue weighted by Gasteiger charge is -2.38. The van der Waals surface area contributed by atoms with Crippen molar-refractivity contribution in [2.45, 2.75) is 25.2 Å². The van der Waals surface area contributed by atoms with Gasteiger partial charge in [0.15, 0.2) is 0 Å². The number of halogens is 2. The van der Waals surface area contributed by atoms with E-state index in [1.807, 2.05) is 60.5 Å². The first-order chi connectivity index (χ1) is 14.0. The second-order valence-corrected chi connectivity index (χ2v) is 9.70. The standard InChI is InChI=1S/C22H21Cl2N3OS/c1-14(2)29-27-12-19(13-27)28-20-11-25-21(15-3-7-17(23)8-4-15)22(26-20)16-5-9-18(24)10-6-16/h3-11,14,19H,12-13H2,1-2H3. The lowest BCUT2D eigenvalue weighted by atomic mass is 10.0. The van der Waals surface area contributed by atoms with Gasteiger partial charge in [0.25, 0.3) is 0 Å². The molecule has 1 aromatic heterocycles. The molecular formula is C22H21Cl2N3OS. The highest BCUT2D eigenvalue weighted by Crippen LogP contribution is 2.33. The van der Waals surface area contributed by atoms with Crippen LogP contribution in [0.15, 0.2) is 54.7 Å². The van der Waals surface area contributed by atoms with Crippen LogP contribution in [0.5, 0.6) is 5.88 Å². The van der Waals surface area contributed by atoms with E-state index >= 15 is 0 Å². The largest absolute Gasteiger partial charge is 0.470 e. The van der Waals surface area contributed by atoms with E-state index in [1.165, 1.54) is 0 Å². The van der Waals surface area contributed by atoms with Crippen LogP contribution < -0.4 is 4.74 Å². The first-order valence-electron chi connectivity index (χ1n) is 9.45. The first kappa shape index (κ1) is 20.5. The first-order valence-corrected chi connectivity index (χ1v) is 11.0. The molecule has 2 heterocycles. The zero-order chi connectivity index (χ0) is 20.4. The summed E-state index contributed by atoms with van der Waals surface area (Å²) in [5.41, 5.74) is 3.42. The number of hydrogen-bond donors (Lipinski definition) is 0. The molecule has 29 heavy (non-hydrogen) atoms. The van der Waals surface area contributed by atoms with E-state index in [0.717, 1.165) is 35.6 Å². The summed E-state index contributed by atoms with van der Waals surface area (Å²) in [6.07, 6.45) is 1.83. The fourth-order valence-corrected chi connectivity index (χ4v) is 4.44. The van der Waals surface area contributed by atoms with Crippen LogP contribution in [0.4, 0.5) is 0 Å². The number of ether oxygens (including phenoxy) is 1. The van der Waals surface area contributed by atoms with E-state index in [1.54, 1.807) is 6.20 Å². The van der Waals surface area contributed by atoms with Gasteiger partial charge in [-0.3, -0.25) is 0 Å². The third-order valence-corrected chi connectivity index (χ3v) is 5.97. The van der Waals surface area contributed by atoms with Crippen molar-refractivity contribution >= 4 is 35.1 Å². The highest BCUT2D eigenvalue weighted by molar-refractivity contribution is 7.97. The van der Waals surface area contributed by atoms with Crippen LogP contribution in [-0.2, 0) is 0 Å². The number of hydrogen-bond acceptors (Lipinski definition) is 5. The van der Waals surface area contributed by atoms with Crippen molar-refractivity contribution in [1.29, 1.82) is 0 Å². The van der Waals surface area contributed by atoms with Crippen molar-refractivity contribution < 1.29 is 4.74 Å². The van der Waals surface area contributed by atoms with Crippen molar-refractivity contribution in [3.05, 3.63) is 64.8 Å². The summed E-state index contributed by atoms with van der Waals surface area (Å²) < 4.78 is 8.39. The number of aromatic nitrogens is 2. The van der Waals surface area contributed by atoms with Crippen molar-refractivity contribution in [3.63, 3.8) is 0 Å². The maximum atomic E-state index is 6.08. The highest BCUT2D eigenvalue weighted by atomic mass is 35.5. The summed E-state index contributed by atoms with van der Waals surface area (Å²) in [7, 11) is 0. The summed E-state index contributed by atoms with van der Waals surface area (Å²) in [4.78, 5) is 9.47. The fourth-order valence-electron chi connectivity index (χ4n) is 3.09. The van der Waals surface area contributed by atoms with Crippen LogP contribution in [0, 0.1) is 0 Å². The Balaban J connectivity index is 1.61. The summed E-state index contributed by atoms with van der Waals surface area (Å²) in [6, 6.07) is 15.2. The molecular weight excluding hydrogens is 425 g/mol. The van der Waals surface area contributed by atoms with Crippen molar-refractivity contribution in [2.75, 3.05) is 13.1 Å². The molecule has 0 N–H and O–H groups in total. The van der Waals surface area contributed by atoms with Gasteiger partial charge in [-0.25, -0.2) is 14.3 Å². The summed E-state index contributed by atoms with van der Waals surface area (Å²) in [6.45, 7) is 6.16. The minimum absolute atomic E-state index is 0.134. The molecule has 0 saturated carbocycles. The van der Waals surface area contributed by atoms with Crippen LogP contribution in [0.25, 0.3) is 22.5 Å². The Kier molecular flexibility index (Phi) is 6.30. The van der Waals surface area contributed by atoms with Gasteiger partial charge in [0.1, 0.15) is 11.8 Å². The van der Waals surface area contributed by atoms with Gasteiger partial charge in [-0.2, -0.15) is 0 Å². The normalized spacial score (nSPS) is 14.8. The summed E-state index contributed by atoms with van der Waals surface area (Å²) in [5, 5.41) is 1.94. The van der Waals surface area contributed by atoms with Crippen LogP contribution >= 0.6 is 35.1 Å². The van der Waals surface area contributed by atoms with Gasteiger partial charge in [-0.1, -0.05) is 73.3 Å². The predicted octanol–water partition coefficient (Wildman–Crippen LogP) is 6.24. The monoisotopic (exact) mass is 445 g/mol. The van der Waals surface area contributed by atoms with E-state index in [0.29, 0.717) is 21.2 Å². The molecule has 0 radical (unpaired) electrons. The highest BCUT2D eigenvalue weighted by Gasteiger charge is 2.30. The SMILES string of the molecule is CC(C)SN1CC(Oc2cnc(-c3ccc(Cl)cc3)c(-c3ccc(Cl)cc3)n2)C1. The predicted molar refractivity (Wildman–Crippen MR) is 122 cm³/mol. The van der Waals surface area contributed by atoms with E-state index in [2.05, 4.69) is 23.1 Å². The molecule has 4 rings (SSSR count). The van der Waals surface area contributed by atoms with Crippen LogP contribution in [-0.4, -0.2) is 38.7 Å². The molecule has 3 aromatic rings. The van der Waals surface area contributed by atoms with Gasteiger partial charge in [0.05, 0.1) is 11.9 Å². The van der Waals surface area contributed by atoms with Crippen molar-refractivity contribution in [2.24, 2.45) is 0 Å². The Morgan fingerprint density at radius 2 is 1.48 bits per heavy atom. The Morgan fingerprint density at radius 3 is 2.03 bits per heavy atom. The molecule has 0 amide bonds. The smallest absolute Gasteiger partial charge is 0.233 e. The molecule has 1 saturated heterocycles. The molecule has 1 aliphatic heterocycles. The van der Waals surface area contributed by atoms with Gasteiger partial charge >= 0.3 is 0 Å². The Morgan fingerprint density at radius 1 is 0.931 bits per heavy atom. The second kappa shape index (κ2) is 8.92. The maximum Gasteiger partial charge on any atom is 0.233 e. The van der Waals surface area contributed by atoms with Gasteiger partial charge in [0, 0.05) is 39.5 Å².